The first kappa shape index (κ1) is 21.8. The molecule has 0 radical (unpaired) electrons. The molecule has 0 saturated heterocycles. The Morgan fingerprint density at radius 1 is 1.22 bits per heavy atom. The van der Waals surface area contributed by atoms with Gasteiger partial charge in [0.2, 0.25) is 0 Å². The number of benzene rings is 2. The van der Waals surface area contributed by atoms with Crippen LogP contribution in [0.4, 0.5) is 10.1 Å². The van der Waals surface area contributed by atoms with Crippen LogP contribution in [0.5, 0.6) is 11.5 Å². The molecule has 166 valence electrons. The first-order valence-corrected chi connectivity index (χ1v) is 10.8. The molecule has 1 atom stereocenters. The number of aryl methyl sites for hydroxylation is 1. The van der Waals surface area contributed by atoms with E-state index in [1.165, 1.54) is 40.5 Å². The summed E-state index contributed by atoms with van der Waals surface area (Å²) in [6.07, 6.45) is -0.793. The van der Waals surface area contributed by atoms with Crippen molar-refractivity contribution in [3.63, 3.8) is 0 Å². The number of halogens is 1. The molecule has 1 aromatic heterocycles. The average molecular weight is 456 g/mol. The molecule has 0 N–H and O–H groups in total. The van der Waals surface area contributed by atoms with Crippen LogP contribution in [0.15, 0.2) is 48.5 Å². The molecule has 3 aromatic rings. The first-order valence-electron chi connectivity index (χ1n) is 9.97. The van der Waals surface area contributed by atoms with E-state index >= 15 is 0 Å². The summed E-state index contributed by atoms with van der Waals surface area (Å²) in [6, 6.07) is 12.9. The second-order valence-corrected chi connectivity index (χ2v) is 8.57. The summed E-state index contributed by atoms with van der Waals surface area (Å²) in [4.78, 5) is 34.0. The fourth-order valence-electron chi connectivity index (χ4n) is 3.35. The van der Waals surface area contributed by atoms with Crippen molar-refractivity contribution < 1.29 is 23.5 Å². The normalized spacial score (nSPS) is 15.0. The number of hydrogen-bond acceptors (Lipinski definition) is 6. The number of anilines is 1. The van der Waals surface area contributed by atoms with E-state index < -0.39 is 6.10 Å². The highest BCUT2D eigenvalue weighted by Gasteiger charge is 2.36. The summed E-state index contributed by atoms with van der Waals surface area (Å²) in [5, 5.41) is 0.623. The Kier molecular flexibility index (Phi) is 6.09. The van der Waals surface area contributed by atoms with Crippen LogP contribution >= 0.6 is 11.3 Å². The molecule has 2 amide bonds. The fraction of sp³-hybridized carbons (Fsp3) is 0.261. The summed E-state index contributed by atoms with van der Waals surface area (Å²) in [6.45, 7) is 2.03. The molecule has 7 nitrogen and oxygen atoms in total. The predicted molar refractivity (Wildman–Crippen MR) is 119 cm³/mol. The maximum Gasteiger partial charge on any atom is 0.270 e. The molecule has 4 rings (SSSR count). The molecule has 1 aliphatic rings. The van der Waals surface area contributed by atoms with Gasteiger partial charge in [-0.05, 0) is 43.3 Å². The molecule has 0 spiro atoms. The zero-order valence-corrected chi connectivity index (χ0v) is 18.7. The van der Waals surface area contributed by atoms with Crippen LogP contribution in [0, 0.1) is 12.7 Å². The second-order valence-electron chi connectivity index (χ2n) is 7.49. The van der Waals surface area contributed by atoms with Crippen molar-refractivity contribution in [1.29, 1.82) is 0 Å². The molecule has 2 aromatic carbocycles. The molecule has 0 aliphatic carbocycles. The number of amides is 2. The number of nitrogens with zero attached hydrogens (tertiary/aromatic N) is 3. The molecule has 0 bridgehead atoms. The van der Waals surface area contributed by atoms with Gasteiger partial charge in [-0.15, -0.1) is 11.3 Å². The largest absolute Gasteiger partial charge is 0.486 e. The van der Waals surface area contributed by atoms with Gasteiger partial charge >= 0.3 is 0 Å². The van der Waals surface area contributed by atoms with E-state index in [4.69, 9.17) is 9.47 Å². The van der Waals surface area contributed by atoms with Gasteiger partial charge in [-0.25, -0.2) is 9.37 Å². The average Bonchev–Trinajstić information content (AvgIpc) is 3.17. The first-order chi connectivity index (χ1) is 15.3. The van der Waals surface area contributed by atoms with Gasteiger partial charge in [0.25, 0.3) is 11.8 Å². The van der Waals surface area contributed by atoms with Gasteiger partial charge in [-0.3, -0.25) is 14.5 Å². The summed E-state index contributed by atoms with van der Waals surface area (Å²) in [5.41, 5.74) is 1.19. The highest BCUT2D eigenvalue weighted by molar-refractivity contribution is 7.13. The number of fused-ring (bicyclic) bond motifs is 1. The predicted octanol–water partition coefficient (Wildman–Crippen LogP) is 3.67. The Morgan fingerprint density at radius 3 is 2.66 bits per heavy atom. The van der Waals surface area contributed by atoms with Crippen LogP contribution in [0.1, 0.15) is 20.4 Å². The number of rotatable bonds is 5. The van der Waals surface area contributed by atoms with Crippen LogP contribution in [0.2, 0.25) is 0 Å². The van der Waals surface area contributed by atoms with Gasteiger partial charge < -0.3 is 14.4 Å². The number of carbonyl (C=O) groups is 2. The van der Waals surface area contributed by atoms with E-state index in [0.29, 0.717) is 32.8 Å². The molecule has 0 unspecified atom stereocenters. The maximum atomic E-state index is 13.5. The Bertz CT molecular complexity index is 1150. The Labute approximate surface area is 189 Å². The van der Waals surface area contributed by atoms with Crippen LogP contribution in [0.25, 0.3) is 0 Å². The highest BCUT2D eigenvalue weighted by Crippen LogP contribution is 2.35. The second kappa shape index (κ2) is 8.96. The standard InChI is InChI=1S/C23H22FN3O4S/c1-14-21(32-20(25-14)13-30-16-10-8-15(24)9-11-16)23(29)27-12-19(22(28)26(2)3)31-18-7-5-4-6-17(18)27/h4-11,19H,12-13H2,1-3H3/t19-/m1/s1. The van der Waals surface area contributed by atoms with Gasteiger partial charge in [-0.1, -0.05) is 12.1 Å². The lowest BCUT2D eigenvalue weighted by molar-refractivity contribution is -0.135. The monoisotopic (exact) mass is 455 g/mol. The Hall–Kier alpha value is -3.46. The molecular weight excluding hydrogens is 433 g/mol. The molecule has 1 aliphatic heterocycles. The van der Waals surface area contributed by atoms with Crippen LogP contribution < -0.4 is 14.4 Å². The van der Waals surface area contributed by atoms with Crippen molar-refractivity contribution in [3.8, 4) is 11.5 Å². The van der Waals surface area contributed by atoms with E-state index in [0.717, 1.165) is 0 Å². The van der Waals surface area contributed by atoms with Gasteiger partial charge in [-0.2, -0.15) is 0 Å². The zero-order chi connectivity index (χ0) is 22.8. The fourth-order valence-corrected chi connectivity index (χ4v) is 4.28. The third kappa shape index (κ3) is 4.43. The van der Waals surface area contributed by atoms with Gasteiger partial charge in [0.05, 0.1) is 17.9 Å². The van der Waals surface area contributed by atoms with E-state index in [-0.39, 0.29) is 30.8 Å². The number of carbonyl (C=O) groups excluding carboxylic acids is 2. The van der Waals surface area contributed by atoms with Crippen molar-refractivity contribution in [2.75, 3.05) is 25.5 Å². The maximum absolute atomic E-state index is 13.5. The molecule has 32 heavy (non-hydrogen) atoms. The minimum Gasteiger partial charge on any atom is -0.486 e. The van der Waals surface area contributed by atoms with Crippen LogP contribution in [-0.2, 0) is 11.4 Å². The summed E-state index contributed by atoms with van der Waals surface area (Å²) < 4.78 is 24.6. The molecule has 0 saturated carbocycles. The van der Waals surface area contributed by atoms with Crippen molar-refractivity contribution in [2.45, 2.75) is 19.6 Å². The van der Waals surface area contributed by atoms with Gasteiger partial charge in [0, 0.05) is 14.1 Å². The number of para-hydroxylation sites is 2. The topological polar surface area (TPSA) is 72.0 Å². The molecule has 9 heteroatoms. The van der Waals surface area contributed by atoms with Crippen molar-refractivity contribution >= 4 is 28.8 Å². The number of likely N-dealkylation sites (N-methyl/N-ethyl adjacent to an activating group) is 1. The van der Waals surface area contributed by atoms with Crippen LogP contribution in [0.3, 0.4) is 0 Å². The molecule has 2 heterocycles. The van der Waals surface area contributed by atoms with E-state index in [9.17, 15) is 14.0 Å². The zero-order valence-electron chi connectivity index (χ0n) is 17.9. The van der Waals surface area contributed by atoms with E-state index in [2.05, 4.69) is 4.98 Å². The van der Waals surface area contributed by atoms with E-state index in [1.54, 1.807) is 44.1 Å². The Balaban J connectivity index is 1.56. The lowest BCUT2D eigenvalue weighted by atomic mass is 10.1. The molecular formula is C23H22FN3O4S. The van der Waals surface area contributed by atoms with Crippen molar-refractivity contribution in [1.82, 2.24) is 9.88 Å². The number of thiazole rings is 1. The SMILES string of the molecule is Cc1nc(COc2ccc(F)cc2)sc1C(=O)N1C[C@H](C(=O)N(C)C)Oc2ccccc21. The van der Waals surface area contributed by atoms with Gasteiger partial charge in [0.1, 0.15) is 33.8 Å². The van der Waals surface area contributed by atoms with E-state index in [1.807, 2.05) is 6.07 Å². The lowest BCUT2D eigenvalue weighted by Gasteiger charge is -2.34. The number of hydrogen-bond donors (Lipinski definition) is 0. The van der Waals surface area contributed by atoms with Crippen LogP contribution in [-0.4, -0.2) is 48.4 Å². The number of aromatic nitrogens is 1. The molecule has 0 fully saturated rings. The Morgan fingerprint density at radius 2 is 1.94 bits per heavy atom. The highest BCUT2D eigenvalue weighted by atomic mass is 32.1. The smallest absolute Gasteiger partial charge is 0.270 e. The van der Waals surface area contributed by atoms with Gasteiger partial charge in [0.15, 0.2) is 6.10 Å². The number of ether oxygens (including phenoxy) is 2. The minimum atomic E-state index is -0.793. The third-order valence-corrected chi connectivity index (χ3v) is 6.07. The quantitative estimate of drug-likeness (QED) is 0.587. The third-order valence-electron chi connectivity index (χ3n) is 4.95. The lowest BCUT2D eigenvalue weighted by Crippen LogP contribution is -2.50. The minimum absolute atomic E-state index is 0.103. The summed E-state index contributed by atoms with van der Waals surface area (Å²) in [7, 11) is 3.30. The summed E-state index contributed by atoms with van der Waals surface area (Å²) >= 11 is 1.24. The van der Waals surface area contributed by atoms with Crippen molar-refractivity contribution in [3.05, 3.63) is 69.9 Å². The summed E-state index contributed by atoms with van der Waals surface area (Å²) in [5.74, 6) is 0.188. The van der Waals surface area contributed by atoms with Crippen molar-refractivity contribution in [2.24, 2.45) is 0 Å².